The summed E-state index contributed by atoms with van der Waals surface area (Å²) in [5.74, 6) is 0.330. The van der Waals surface area contributed by atoms with Gasteiger partial charge in [-0.05, 0) is 31.7 Å². The lowest BCUT2D eigenvalue weighted by Crippen LogP contribution is -2.54. The van der Waals surface area contributed by atoms with Crippen molar-refractivity contribution in [3.05, 3.63) is 35.9 Å². The molecule has 0 saturated carbocycles. The van der Waals surface area contributed by atoms with E-state index in [-0.39, 0.29) is 30.3 Å². The Hall–Kier alpha value is -1.63. The summed E-state index contributed by atoms with van der Waals surface area (Å²) in [7, 11) is 0. The van der Waals surface area contributed by atoms with Crippen molar-refractivity contribution in [1.29, 1.82) is 0 Å². The van der Waals surface area contributed by atoms with Crippen molar-refractivity contribution in [3.8, 4) is 0 Å². The first kappa shape index (κ1) is 22.7. The van der Waals surface area contributed by atoms with Crippen LogP contribution in [0, 0.1) is 0 Å². The fourth-order valence-electron chi connectivity index (χ4n) is 3.87. The number of piperazine rings is 1. The number of nitrogens with zero attached hydrogens (tertiary/aromatic N) is 2. The van der Waals surface area contributed by atoms with Crippen molar-refractivity contribution >= 4 is 24.2 Å². The van der Waals surface area contributed by atoms with Crippen LogP contribution in [0.3, 0.4) is 0 Å². The zero-order chi connectivity index (χ0) is 19.1. The Morgan fingerprint density at radius 2 is 1.86 bits per heavy atom. The number of aryl methyl sites for hydroxylation is 1. The van der Waals surface area contributed by atoms with Crippen LogP contribution in [0.15, 0.2) is 30.3 Å². The highest BCUT2D eigenvalue weighted by atomic mass is 35.5. The number of amides is 2. The van der Waals surface area contributed by atoms with Crippen LogP contribution in [0.25, 0.3) is 0 Å². The number of carbonyl (C=O) groups is 2. The van der Waals surface area contributed by atoms with Crippen LogP contribution in [0.1, 0.15) is 31.7 Å². The molecule has 0 aromatic heterocycles. The molecule has 28 heavy (non-hydrogen) atoms. The van der Waals surface area contributed by atoms with E-state index in [2.05, 4.69) is 34.6 Å². The second-order valence-electron chi connectivity index (χ2n) is 7.73. The molecule has 0 aliphatic carbocycles. The Morgan fingerprint density at radius 3 is 2.54 bits per heavy atom. The average Bonchev–Trinajstić information content (AvgIpc) is 2.69. The quantitative estimate of drug-likeness (QED) is 0.747. The number of rotatable bonds is 6. The minimum atomic E-state index is 0. The molecule has 2 heterocycles. The van der Waals surface area contributed by atoms with Gasteiger partial charge in [0.2, 0.25) is 11.8 Å². The molecule has 1 aromatic carbocycles. The smallest absolute Gasteiger partial charge is 0.236 e. The summed E-state index contributed by atoms with van der Waals surface area (Å²) in [6.45, 7) is 6.99. The van der Waals surface area contributed by atoms with Crippen LogP contribution in [0.4, 0.5) is 0 Å². The molecule has 2 amide bonds. The number of benzene rings is 1. The standard InChI is InChI=1S/C21H32N4O2.ClH/c1-17-15-22-11-14-25(17)16-21(27)24-12-9-19(10-13-24)23-20(26)8-7-18-5-3-2-4-6-18;/h2-6,17,19,22H,7-16H2,1H3,(H,23,26);1H/t17-;/m1./s1. The predicted molar refractivity (Wildman–Crippen MR) is 114 cm³/mol. The zero-order valence-electron chi connectivity index (χ0n) is 16.7. The Bertz CT molecular complexity index is 620. The van der Waals surface area contributed by atoms with Gasteiger partial charge in [0.05, 0.1) is 6.54 Å². The molecule has 0 unspecified atom stereocenters. The van der Waals surface area contributed by atoms with E-state index in [1.54, 1.807) is 0 Å². The van der Waals surface area contributed by atoms with E-state index in [1.165, 1.54) is 5.56 Å². The van der Waals surface area contributed by atoms with Crippen molar-refractivity contribution in [3.63, 3.8) is 0 Å². The van der Waals surface area contributed by atoms with Gasteiger partial charge in [-0.1, -0.05) is 30.3 Å². The molecule has 2 saturated heterocycles. The second-order valence-corrected chi connectivity index (χ2v) is 7.73. The summed E-state index contributed by atoms with van der Waals surface area (Å²) >= 11 is 0. The molecule has 1 aromatic rings. The van der Waals surface area contributed by atoms with E-state index in [0.717, 1.165) is 52.0 Å². The van der Waals surface area contributed by atoms with E-state index in [1.807, 2.05) is 23.1 Å². The summed E-state index contributed by atoms with van der Waals surface area (Å²) in [5, 5.41) is 6.50. The molecule has 1 atom stereocenters. The van der Waals surface area contributed by atoms with Gasteiger partial charge in [-0.25, -0.2) is 0 Å². The van der Waals surface area contributed by atoms with Crippen molar-refractivity contribution in [1.82, 2.24) is 20.4 Å². The number of carbonyl (C=O) groups excluding carboxylic acids is 2. The third-order valence-electron chi connectivity index (χ3n) is 5.67. The van der Waals surface area contributed by atoms with Gasteiger partial charge in [-0.2, -0.15) is 0 Å². The minimum absolute atomic E-state index is 0. The molecule has 0 spiro atoms. The van der Waals surface area contributed by atoms with Gasteiger partial charge < -0.3 is 15.5 Å². The lowest BCUT2D eigenvalue weighted by atomic mass is 10.0. The van der Waals surface area contributed by atoms with Crippen LogP contribution in [0.5, 0.6) is 0 Å². The monoisotopic (exact) mass is 408 g/mol. The summed E-state index contributed by atoms with van der Waals surface area (Å²) in [5.41, 5.74) is 1.19. The van der Waals surface area contributed by atoms with Crippen molar-refractivity contribution in [2.75, 3.05) is 39.3 Å². The van der Waals surface area contributed by atoms with Gasteiger partial charge in [0.1, 0.15) is 0 Å². The maximum Gasteiger partial charge on any atom is 0.236 e. The SMILES string of the molecule is C[C@@H]1CNCCN1CC(=O)N1CCC(NC(=O)CCc2ccccc2)CC1.Cl. The number of hydrogen-bond donors (Lipinski definition) is 2. The summed E-state index contributed by atoms with van der Waals surface area (Å²) < 4.78 is 0. The molecule has 156 valence electrons. The molecule has 2 fully saturated rings. The summed E-state index contributed by atoms with van der Waals surface area (Å²) in [4.78, 5) is 29.0. The number of nitrogens with one attached hydrogen (secondary N) is 2. The highest BCUT2D eigenvalue weighted by Crippen LogP contribution is 2.13. The maximum atomic E-state index is 12.6. The molecule has 2 aliphatic heterocycles. The lowest BCUT2D eigenvalue weighted by molar-refractivity contribution is -0.134. The fraction of sp³-hybridized carbons (Fsp3) is 0.619. The molecule has 2 N–H and O–H groups in total. The topological polar surface area (TPSA) is 64.7 Å². The van der Waals surface area contributed by atoms with Crippen molar-refractivity contribution in [2.24, 2.45) is 0 Å². The van der Waals surface area contributed by atoms with E-state index < -0.39 is 0 Å². The van der Waals surface area contributed by atoms with Gasteiger partial charge in [0, 0.05) is 51.2 Å². The molecule has 0 radical (unpaired) electrons. The van der Waals surface area contributed by atoms with Crippen LogP contribution >= 0.6 is 12.4 Å². The maximum absolute atomic E-state index is 12.6. The van der Waals surface area contributed by atoms with Gasteiger partial charge in [-0.3, -0.25) is 14.5 Å². The van der Waals surface area contributed by atoms with Crippen molar-refractivity contribution < 1.29 is 9.59 Å². The van der Waals surface area contributed by atoms with Gasteiger partial charge in [0.15, 0.2) is 0 Å². The third-order valence-corrected chi connectivity index (χ3v) is 5.67. The largest absolute Gasteiger partial charge is 0.353 e. The summed E-state index contributed by atoms with van der Waals surface area (Å²) in [6.07, 6.45) is 2.98. The number of likely N-dealkylation sites (tertiary alicyclic amines) is 1. The molecular formula is C21H33ClN4O2. The van der Waals surface area contributed by atoms with E-state index in [4.69, 9.17) is 0 Å². The molecular weight excluding hydrogens is 376 g/mol. The van der Waals surface area contributed by atoms with Crippen LogP contribution in [-0.2, 0) is 16.0 Å². The third kappa shape index (κ3) is 6.76. The van der Waals surface area contributed by atoms with Gasteiger partial charge >= 0.3 is 0 Å². The van der Waals surface area contributed by atoms with E-state index in [9.17, 15) is 9.59 Å². The lowest BCUT2D eigenvalue weighted by Gasteiger charge is -2.37. The van der Waals surface area contributed by atoms with Crippen molar-refractivity contribution in [2.45, 2.75) is 44.7 Å². The highest BCUT2D eigenvalue weighted by Gasteiger charge is 2.27. The molecule has 6 nitrogen and oxygen atoms in total. The number of halogens is 1. The number of hydrogen-bond acceptors (Lipinski definition) is 4. The molecule has 3 rings (SSSR count). The zero-order valence-corrected chi connectivity index (χ0v) is 17.5. The Labute approximate surface area is 174 Å². The van der Waals surface area contributed by atoms with Crippen LogP contribution in [0.2, 0.25) is 0 Å². The normalized spacial score (nSPS) is 21.0. The first-order valence-electron chi connectivity index (χ1n) is 10.2. The van der Waals surface area contributed by atoms with Gasteiger partial charge in [0.25, 0.3) is 0 Å². The number of piperidine rings is 1. The average molecular weight is 409 g/mol. The predicted octanol–water partition coefficient (Wildman–Crippen LogP) is 1.44. The molecule has 2 aliphatic rings. The minimum Gasteiger partial charge on any atom is -0.353 e. The first-order chi connectivity index (χ1) is 13.1. The van der Waals surface area contributed by atoms with E-state index >= 15 is 0 Å². The van der Waals surface area contributed by atoms with Crippen LogP contribution < -0.4 is 10.6 Å². The Kier molecular flexibility index (Phi) is 9.22. The van der Waals surface area contributed by atoms with E-state index in [0.29, 0.717) is 19.0 Å². The summed E-state index contributed by atoms with van der Waals surface area (Å²) in [6, 6.07) is 10.7. The van der Waals surface area contributed by atoms with Gasteiger partial charge in [-0.15, -0.1) is 12.4 Å². The fourth-order valence-corrected chi connectivity index (χ4v) is 3.87. The Morgan fingerprint density at radius 1 is 1.14 bits per heavy atom. The molecule has 0 bridgehead atoms. The Balaban J connectivity index is 0.00000280. The molecule has 7 heteroatoms. The first-order valence-corrected chi connectivity index (χ1v) is 10.2. The highest BCUT2D eigenvalue weighted by molar-refractivity contribution is 5.85. The second kappa shape index (κ2) is 11.4. The van der Waals surface area contributed by atoms with Crippen LogP contribution in [-0.4, -0.2) is 73.0 Å².